The van der Waals surface area contributed by atoms with E-state index in [0.717, 1.165) is 37.2 Å². The summed E-state index contributed by atoms with van der Waals surface area (Å²) in [6.07, 6.45) is 3.33. The molecule has 0 spiro atoms. The Balaban J connectivity index is 1.90. The molecule has 0 unspecified atom stereocenters. The number of benzene rings is 2. The number of nitro groups is 1. The van der Waals surface area contributed by atoms with Crippen molar-refractivity contribution < 1.29 is 9.72 Å². The minimum absolute atomic E-state index is 0.0535. The van der Waals surface area contributed by atoms with Crippen LogP contribution in [0.2, 0.25) is 0 Å². The highest BCUT2D eigenvalue weighted by Gasteiger charge is 2.24. The van der Waals surface area contributed by atoms with Crippen molar-refractivity contribution in [3.05, 3.63) is 69.8 Å². The fraction of sp³-hybridized carbons (Fsp3) is 0.350. The lowest BCUT2D eigenvalue weighted by Gasteiger charge is -2.31. The second-order valence-electron chi connectivity index (χ2n) is 6.65. The number of piperidine rings is 1. The third kappa shape index (κ3) is 4.02. The maximum Gasteiger partial charge on any atom is 0.270 e. The molecular formula is C20H23N3O3. The summed E-state index contributed by atoms with van der Waals surface area (Å²) >= 11 is 0. The molecule has 2 aromatic carbocycles. The number of carbonyl (C=O) groups is 1. The normalized spacial score (nSPS) is 14.1. The van der Waals surface area contributed by atoms with Crippen LogP contribution in [0.4, 0.5) is 11.4 Å². The molecule has 0 N–H and O–H groups in total. The van der Waals surface area contributed by atoms with Gasteiger partial charge in [-0.05, 0) is 30.9 Å². The van der Waals surface area contributed by atoms with Crippen LogP contribution in [0.3, 0.4) is 0 Å². The molecule has 1 aliphatic rings. The molecule has 26 heavy (non-hydrogen) atoms. The van der Waals surface area contributed by atoms with Gasteiger partial charge in [-0.25, -0.2) is 0 Å². The molecule has 136 valence electrons. The first-order valence-electron chi connectivity index (χ1n) is 8.89. The van der Waals surface area contributed by atoms with E-state index in [0.29, 0.717) is 12.1 Å². The summed E-state index contributed by atoms with van der Waals surface area (Å²) < 4.78 is 0. The molecule has 0 aromatic heterocycles. The Morgan fingerprint density at radius 2 is 1.81 bits per heavy atom. The van der Waals surface area contributed by atoms with Crippen molar-refractivity contribution in [2.75, 3.05) is 25.0 Å². The fourth-order valence-corrected chi connectivity index (χ4v) is 3.35. The van der Waals surface area contributed by atoms with E-state index >= 15 is 0 Å². The molecule has 1 heterocycles. The molecule has 0 saturated carbocycles. The van der Waals surface area contributed by atoms with Gasteiger partial charge >= 0.3 is 0 Å². The van der Waals surface area contributed by atoms with Crippen LogP contribution in [0.15, 0.2) is 48.5 Å². The smallest absolute Gasteiger partial charge is 0.270 e. The van der Waals surface area contributed by atoms with Crippen molar-refractivity contribution >= 4 is 17.3 Å². The third-order valence-electron chi connectivity index (χ3n) is 4.73. The van der Waals surface area contributed by atoms with E-state index in [9.17, 15) is 14.9 Å². The number of hydrogen-bond acceptors (Lipinski definition) is 4. The van der Waals surface area contributed by atoms with Crippen molar-refractivity contribution in [2.45, 2.75) is 25.8 Å². The van der Waals surface area contributed by atoms with Gasteiger partial charge in [0.15, 0.2) is 0 Å². The molecule has 3 rings (SSSR count). The largest absolute Gasteiger partial charge is 0.371 e. The van der Waals surface area contributed by atoms with Gasteiger partial charge in [0.25, 0.3) is 11.6 Å². The van der Waals surface area contributed by atoms with E-state index in [4.69, 9.17) is 0 Å². The van der Waals surface area contributed by atoms with Crippen LogP contribution in [0.5, 0.6) is 0 Å². The van der Waals surface area contributed by atoms with Crippen LogP contribution in [-0.2, 0) is 6.54 Å². The van der Waals surface area contributed by atoms with E-state index in [1.807, 2.05) is 30.3 Å². The highest BCUT2D eigenvalue weighted by atomic mass is 16.6. The van der Waals surface area contributed by atoms with Gasteiger partial charge in [-0.15, -0.1) is 0 Å². The van der Waals surface area contributed by atoms with Gasteiger partial charge in [-0.1, -0.05) is 30.3 Å². The maximum absolute atomic E-state index is 13.1. The number of nitrogens with zero attached hydrogens (tertiary/aromatic N) is 3. The van der Waals surface area contributed by atoms with Crippen molar-refractivity contribution in [1.29, 1.82) is 0 Å². The summed E-state index contributed by atoms with van der Waals surface area (Å²) in [5.41, 5.74) is 2.16. The van der Waals surface area contributed by atoms with Gasteiger partial charge in [0.05, 0.1) is 16.2 Å². The van der Waals surface area contributed by atoms with Gasteiger partial charge in [0.1, 0.15) is 0 Å². The van der Waals surface area contributed by atoms with Gasteiger partial charge in [0, 0.05) is 38.8 Å². The first-order chi connectivity index (χ1) is 12.6. The predicted molar refractivity (Wildman–Crippen MR) is 101 cm³/mol. The van der Waals surface area contributed by atoms with Crippen LogP contribution >= 0.6 is 0 Å². The number of carbonyl (C=O) groups excluding carboxylic acids is 1. The SMILES string of the molecule is CN(Cc1ccccc1)C(=O)c1cc([N+](=O)[O-])ccc1N1CCCCC1. The molecule has 1 saturated heterocycles. The zero-order valence-corrected chi connectivity index (χ0v) is 14.9. The number of rotatable bonds is 5. The molecule has 1 amide bonds. The van der Waals surface area contributed by atoms with Crippen LogP contribution < -0.4 is 4.90 Å². The molecular weight excluding hydrogens is 330 g/mol. The average molecular weight is 353 g/mol. The van der Waals surface area contributed by atoms with E-state index in [-0.39, 0.29) is 11.6 Å². The first kappa shape index (κ1) is 17.9. The Hall–Kier alpha value is -2.89. The van der Waals surface area contributed by atoms with Crippen molar-refractivity contribution in [1.82, 2.24) is 4.90 Å². The number of non-ortho nitro benzene ring substituents is 1. The molecule has 1 aliphatic heterocycles. The number of nitro benzene ring substituents is 1. The zero-order chi connectivity index (χ0) is 18.5. The molecule has 1 fully saturated rings. The average Bonchev–Trinajstić information content (AvgIpc) is 2.68. The van der Waals surface area contributed by atoms with Crippen molar-refractivity contribution in [3.63, 3.8) is 0 Å². The Kier molecular flexibility index (Phi) is 5.51. The van der Waals surface area contributed by atoms with E-state index < -0.39 is 4.92 Å². The quantitative estimate of drug-likeness (QED) is 0.605. The molecule has 0 aliphatic carbocycles. The summed E-state index contributed by atoms with van der Waals surface area (Å²) in [6, 6.07) is 14.3. The lowest BCUT2D eigenvalue weighted by molar-refractivity contribution is -0.384. The monoisotopic (exact) mass is 353 g/mol. The first-order valence-corrected chi connectivity index (χ1v) is 8.89. The summed E-state index contributed by atoms with van der Waals surface area (Å²) in [7, 11) is 1.73. The minimum atomic E-state index is -0.450. The second-order valence-corrected chi connectivity index (χ2v) is 6.65. The summed E-state index contributed by atoms with van der Waals surface area (Å²) in [5, 5.41) is 11.2. The summed E-state index contributed by atoms with van der Waals surface area (Å²) in [4.78, 5) is 27.6. The number of amides is 1. The van der Waals surface area contributed by atoms with Gasteiger partial charge in [-0.2, -0.15) is 0 Å². The molecule has 6 nitrogen and oxygen atoms in total. The third-order valence-corrected chi connectivity index (χ3v) is 4.73. The standard InChI is InChI=1S/C20H23N3O3/c1-21(15-16-8-4-2-5-9-16)20(24)18-14-17(23(25)26)10-11-19(18)22-12-6-3-7-13-22/h2,4-5,8-11,14H,3,6-7,12-13,15H2,1H3. The van der Waals surface area contributed by atoms with Gasteiger partial charge in [-0.3, -0.25) is 14.9 Å². The van der Waals surface area contributed by atoms with Gasteiger partial charge in [0.2, 0.25) is 0 Å². The zero-order valence-electron chi connectivity index (χ0n) is 14.9. The fourth-order valence-electron chi connectivity index (χ4n) is 3.35. The topological polar surface area (TPSA) is 66.7 Å². The number of anilines is 1. The molecule has 0 bridgehead atoms. The van der Waals surface area contributed by atoms with Crippen molar-refractivity contribution in [3.8, 4) is 0 Å². The van der Waals surface area contributed by atoms with Crippen LogP contribution in [-0.4, -0.2) is 35.9 Å². The highest BCUT2D eigenvalue weighted by Crippen LogP contribution is 2.29. The lowest BCUT2D eigenvalue weighted by Crippen LogP contribution is -2.33. The summed E-state index contributed by atoms with van der Waals surface area (Å²) in [5.74, 6) is -0.196. The predicted octanol–water partition coefficient (Wildman–Crippen LogP) is 3.86. The molecule has 0 atom stereocenters. The maximum atomic E-state index is 13.1. The lowest BCUT2D eigenvalue weighted by atomic mass is 10.1. The number of hydrogen-bond donors (Lipinski definition) is 0. The van der Waals surface area contributed by atoms with Crippen LogP contribution in [0, 0.1) is 10.1 Å². The minimum Gasteiger partial charge on any atom is -0.371 e. The van der Waals surface area contributed by atoms with Crippen molar-refractivity contribution in [2.24, 2.45) is 0 Å². The Bertz CT molecular complexity index is 786. The van der Waals surface area contributed by atoms with E-state index in [2.05, 4.69) is 4.90 Å². The highest BCUT2D eigenvalue weighted by molar-refractivity contribution is 6.00. The Morgan fingerprint density at radius 1 is 1.12 bits per heavy atom. The van der Waals surface area contributed by atoms with E-state index in [1.165, 1.54) is 18.6 Å². The van der Waals surface area contributed by atoms with Gasteiger partial charge < -0.3 is 9.80 Å². The van der Waals surface area contributed by atoms with Crippen LogP contribution in [0.1, 0.15) is 35.2 Å². The second kappa shape index (κ2) is 7.99. The molecule has 6 heteroatoms. The summed E-state index contributed by atoms with van der Waals surface area (Å²) in [6.45, 7) is 2.21. The Labute approximate surface area is 153 Å². The molecule has 0 radical (unpaired) electrons. The Morgan fingerprint density at radius 3 is 2.46 bits per heavy atom. The molecule has 2 aromatic rings. The van der Waals surface area contributed by atoms with E-state index in [1.54, 1.807) is 18.0 Å². The van der Waals surface area contributed by atoms with Crippen LogP contribution in [0.25, 0.3) is 0 Å².